The summed E-state index contributed by atoms with van der Waals surface area (Å²) in [6.45, 7) is 9.33. The Kier molecular flexibility index (Phi) is 6.07. The zero-order valence-corrected chi connectivity index (χ0v) is 19.8. The third-order valence-electron chi connectivity index (χ3n) is 5.89. The van der Waals surface area contributed by atoms with E-state index in [0.29, 0.717) is 39.6 Å². The molecule has 0 aliphatic carbocycles. The Morgan fingerprint density at radius 2 is 1.06 bits per heavy atom. The minimum absolute atomic E-state index is 0.187. The van der Waals surface area contributed by atoms with Crippen molar-refractivity contribution in [2.24, 2.45) is 10.8 Å². The van der Waals surface area contributed by atoms with Crippen molar-refractivity contribution in [3.8, 4) is 32.8 Å². The Balaban J connectivity index is 1.45. The smallest absolute Gasteiger partial charge is 0.180 e. The topological polar surface area (TPSA) is 55.4 Å². The molecule has 0 N–H and O–H groups in total. The van der Waals surface area contributed by atoms with Crippen LogP contribution in [0.5, 0.6) is 23.0 Å². The molecule has 0 saturated heterocycles. The highest BCUT2D eigenvalue weighted by Gasteiger charge is 2.36. The predicted molar refractivity (Wildman–Crippen MR) is 121 cm³/mol. The van der Waals surface area contributed by atoms with Gasteiger partial charge < -0.3 is 28.4 Å². The molecule has 170 valence electrons. The van der Waals surface area contributed by atoms with Crippen LogP contribution in [0, 0.1) is 10.8 Å². The molecule has 5 rings (SSSR count). The van der Waals surface area contributed by atoms with Gasteiger partial charge in [-0.3, -0.25) is 0 Å². The van der Waals surface area contributed by atoms with Crippen LogP contribution < -0.4 is 18.9 Å². The molecule has 8 heteroatoms. The molecule has 0 spiro atoms. The highest BCUT2D eigenvalue weighted by atomic mass is 32.1. The first-order valence-corrected chi connectivity index (χ1v) is 12.7. The number of fused-ring (bicyclic) bond motifs is 5. The van der Waals surface area contributed by atoms with Crippen LogP contribution in [-0.4, -0.2) is 52.9 Å². The van der Waals surface area contributed by atoms with Gasteiger partial charge in [-0.25, -0.2) is 0 Å². The SMILES string of the molecule is C[C@@]12COCCCCCOC[C@]3(C)COc4csc(c4OC3)-c3scc(c3OC1)OC2. The molecular formula is C23H30O6S2. The maximum absolute atomic E-state index is 6.33. The van der Waals surface area contributed by atoms with Crippen LogP contribution in [-0.2, 0) is 9.47 Å². The maximum atomic E-state index is 6.33. The van der Waals surface area contributed by atoms with E-state index in [9.17, 15) is 0 Å². The van der Waals surface area contributed by atoms with Crippen LogP contribution >= 0.6 is 22.7 Å². The molecule has 5 heterocycles. The van der Waals surface area contributed by atoms with Crippen LogP contribution in [0.3, 0.4) is 0 Å². The minimum Gasteiger partial charge on any atom is -0.488 e. The van der Waals surface area contributed by atoms with E-state index in [2.05, 4.69) is 13.8 Å². The van der Waals surface area contributed by atoms with Gasteiger partial charge in [0.2, 0.25) is 0 Å². The molecule has 6 nitrogen and oxygen atoms in total. The van der Waals surface area contributed by atoms with Gasteiger partial charge in [0.15, 0.2) is 23.0 Å². The summed E-state index contributed by atoms with van der Waals surface area (Å²) in [6, 6.07) is 0. The molecule has 2 aromatic heterocycles. The Hall–Kier alpha value is -1.48. The summed E-state index contributed by atoms with van der Waals surface area (Å²) >= 11 is 3.25. The minimum atomic E-state index is -0.187. The van der Waals surface area contributed by atoms with Crippen LogP contribution in [0.25, 0.3) is 9.75 Å². The molecule has 4 bridgehead atoms. The molecule has 3 aliphatic heterocycles. The molecule has 0 amide bonds. The highest BCUT2D eigenvalue weighted by molar-refractivity contribution is 7.21. The average molecular weight is 467 g/mol. The first-order chi connectivity index (χ1) is 15.1. The van der Waals surface area contributed by atoms with E-state index < -0.39 is 0 Å². The lowest BCUT2D eigenvalue weighted by molar-refractivity contribution is 0.00000735. The summed E-state index contributed by atoms with van der Waals surface area (Å²) < 4.78 is 37.0. The molecule has 31 heavy (non-hydrogen) atoms. The highest BCUT2D eigenvalue weighted by Crippen LogP contribution is 2.54. The Morgan fingerprint density at radius 3 is 1.55 bits per heavy atom. The van der Waals surface area contributed by atoms with E-state index in [1.807, 2.05) is 10.8 Å². The largest absolute Gasteiger partial charge is 0.488 e. The molecule has 2 atom stereocenters. The molecule has 2 aromatic rings. The number of ether oxygens (including phenoxy) is 6. The van der Waals surface area contributed by atoms with E-state index in [4.69, 9.17) is 28.4 Å². The van der Waals surface area contributed by atoms with Crippen LogP contribution in [0.4, 0.5) is 0 Å². The fourth-order valence-corrected chi connectivity index (χ4v) is 5.94. The average Bonchev–Trinajstić information content (AvgIpc) is 3.26. The van der Waals surface area contributed by atoms with Crippen molar-refractivity contribution < 1.29 is 28.4 Å². The quantitative estimate of drug-likeness (QED) is 0.529. The lowest BCUT2D eigenvalue weighted by atomic mass is 9.94. The van der Waals surface area contributed by atoms with Gasteiger partial charge >= 0.3 is 0 Å². The second kappa shape index (κ2) is 8.81. The summed E-state index contributed by atoms with van der Waals surface area (Å²) in [4.78, 5) is 2.07. The molecule has 0 saturated carbocycles. The van der Waals surface area contributed by atoms with E-state index in [-0.39, 0.29) is 10.8 Å². The van der Waals surface area contributed by atoms with Gasteiger partial charge in [0.1, 0.15) is 0 Å². The Bertz CT molecular complexity index is 836. The first kappa shape index (κ1) is 21.4. The van der Waals surface area contributed by atoms with Crippen LogP contribution in [0.2, 0.25) is 0 Å². The van der Waals surface area contributed by atoms with E-state index >= 15 is 0 Å². The van der Waals surface area contributed by atoms with E-state index in [0.717, 1.165) is 65.2 Å². The van der Waals surface area contributed by atoms with Crippen molar-refractivity contribution in [2.45, 2.75) is 33.1 Å². The first-order valence-electron chi connectivity index (χ1n) is 11.0. The zero-order chi connectivity index (χ0) is 21.3. The van der Waals surface area contributed by atoms with Gasteiger partial charge in [-0.15, -0.1) is 22.7 Å². The normalized spacial score (nSPS) is 29.2. The lowest BCUT2D eigenvalue weighted by Gasteiger charge is -2.26. The summed E-state index contributed by atoms with van der Waals surface area (Å²) in [6.07, 6.45) is 3.15. The lowest BCUT2D eigenvalue weighted by Crippen LogP contribution is -2.35. The molecule has 0 aromatic carbocycles. The second-order valence-corrected chi connectivity index (χ2v) is 11.2. The molecule has 0 radical (unpaired) electrons. The van der Waals surface area contributed by atoms with Gasteiger partial charge in [-0.05, 0) is 19.3 Å². The monoisotopic (exact) mass is 466 g/mol. The van der Waals surface area contributed by atoms with Gasteiger partial charge in [-0.1, -0.05) is 13.8 Å². The summed E-state index contributed by atoms with van der Waals surface area (Å²) in [5, 5.41) is 4.06. The summed E-state index contributed by atoms with van der Waals surface area (Å²) in [7, 11) is 0. The maximum Gasteiger partial charge on any atom is 0.180 e. The molecule has 3 aliphatic rings. The van der Waals surface area contributed by atoms with Crippen LogP contribution in [0.15, 0.2) is 10.8 Å². The van der Waals surface area contributed by atoms with Crippen molar-refractivity contribution >= 4 is 22.7 Å². The Labute approximate surface area is 191 Å². The number of rotatable bonds is 0. The fourth-order valence-electron chi connectivity index (χ4n) is 3.92. The van der Waals surface area contributed by atoms with Crippen molar-refractivity contribution in [1.82, 2.24) is 0 Å². The van der Waals surface area contributed by atoms with Crippen molar-refractivity contribution in [3.63, 3.8) is 0 Å². The zero-order valence-electron chi connectivity index (χ0n) is 18.2. The molecular weight excluding hydrogens is 436 g/mol. The van der Waals surface area contributed by atoms with Crippen molar-refractivity contribution in [1.29, 1.82) is 0 Å². The Morgan fingerprint density at radius 1 is 0.613 bits per heavy atom. The van der Waals surface area contributed by atoms with Crippen molar-refractivity contribution in [3.05, 3.63) is 10.8 Å². The second-order valence-electron chi connectivity index (χ2n) is 9.46. The fraction of sp³-hybridized carbons (Fsp3) is 0.652. The van der Waals surface area contributed by atoms with Crippen LogP contribution in [0.1, 0.15) is 33.1 Å². The van der Waals surface area contributed by atoms with Gasteiger partial charge in [0, 0.05) is 24.0 Å². The summed E-state index contributed by atoms with van der Waals surface area (Å²) in [5.74, 6) is 3.20. The number of hydrogen-bond acceptors (Lipinski definition) is 8. The van der Waals surface area contributed by atoms with Crippen molar-refractivity contribution in [2.75, 3.05) is 52.9 Å². The van der Waals surface area contributed by atoms with Gasteiger partial charge in [-0.2, -0.15) is 0 Å². The third-order valence-corrected chi connectivity index (χ3v) is 7.94. The van der Waals surface area contributed by atoms with E-state index in [1.54, 1.807) is 22.7 Å². The standard InChI is InChI=1S/C23H30O6S2/c1-22-10-24-6-4-3-5-7-25-11-23(2)13-27-17-9-31-21(19(17)29-15-23)20-18(28-14-22)16(8-30-20)26-12-22/h8-9H,3-7,10-15H2,1-2H3/t22-,23+. The predicted octanol–water partition coefficient (Wildman–Crippen LogP) is 5.25. The van der Waals surface area contributed by atoms with Gasteiger partial charge in [0.25, 0.3) is 0 Å². The third kappa shape index (κ3) is 4.53. The number of thiophene rings is 2. The van der Waals surface area contributed by atoms with Gasteiger partial charge in [0.05, 0.1) is 60.2 Å². The molecule has 0 fully saturated rings. The number of hydrogen-bond donors (Lipinski definition) is 0. The summed E-state index contributed by atoms with van der Waals surface area (Å²) in [5.41, 5.74) is -0.373. The molecule has 0 unspecified atom stereocenters. The van der Waals surface area contributed by atoms with E-state index in [1.165, 1.54) is 0 Å².